The standard InChI is InChI=1S/C17H24BrN3O2.ClH/c1-3-17(4-2,11-19)20-16(23)12-9-15(22)21(10-12)14-8-6-5-7-13(14)18;/h5-8,12H,3-4,9-11,19H2,1-2H3,(H,20,23);1H. The van der Waals surface area contributed by atoms with Gasteiger partial charge in [0, 0.05) is 24.0 Å². The second-order valence-corrected chi connectivity index (χ2v) is 6.89. The number of amides is 2. The van der Waals surface area contributed by atoms with Crippen LogP contribution in [-0.4, -0.2) is 30.4 Å². The van der Waals surface area contributed by atoms with E-state index in [0.717, 1.165) is 23.0 Å². The first-order valence-electron chi connectivity index (χ1n) is 8.03. The Morgan fingerprint density at radius 2 is 2.00 bits per heavy atom. The average Bonchev–Trinajstić information content (AvgIpc) is 2.95. The van der Waals surface area contributed by atoms with E-state index in [4.69, 9.17) is 5.73 Å². The summed E-state index contributed by atoms with van der Waals surface area (Å²) in [5.74, 6) is -0.441. The number of nitrogens with one attached hydrogen (secondary N) is 1. The van der Waals surface area contributed by atoms with Crippen LogP contribution in [0.15, 0.2) is 28.7 Å². The fourth-order valence-corrected chi connectivity index (χ4v) is 3.42. The third-order valence-electron chi connectivity index (χ3n) is 4.77. The summed E-state index contributed by atoms with van der Waals surface area (Å²) in [6.07, 6.45) is 1.79. The monoisotopic (exact) mass is 417 g/mol. The van der Waals surface area contributed by atoms with E-state index in [1.807, 2.05) is 38.1 Å². The van der Waals surface area contributed by atoms with Crippen molar-refractivity contribution in [2.45, 2.75) is 38.6 Å². The number of carbonyl (C=O) groups excluding carboxylic acids is 2. The number of hydrogen-bond donors (Lipinski definition) is 2. The number of hydrogen-bond acceptors (Lipinski definition) is 3. The molecule has 3 N–H and O–H groups in total. The summed E-state index contributed by atoms with van der Waals surface area (Å²) in [7, 11) is 0. The molecule has 0 bridgehead atoms. The number of anilines is 1. The number of nitrogens with zero attached hydrogens (tertiary/aromatic N) is 1. The van der Waals surface area contributed by atoms with Crippen LogP contribution < -0.4 is 16.0 Å². The molecule has 1 aliphatic heterocycles. The van der Waals surface area contributed by atoms with Crippen LogP contribution in [0.5, 0.6) is 0 Å². The van der Waals surface area contributed by atoms with E-state index >= 15 is 0 Å². The van der Waals surface area contributed by atoms with Crippen molar-refractivity contribution in [3.63, 3.8) is 0 Å². The highest BCUT2D eigenvalue weighted by Crippen LogP contribution is 2.31. The normalized spacial score (nSPS) is 17.6. The first-order valence-corrected chi connectivity index (χ1v) is 8.82. The SMILES string of the molecule is CCC(CC)(CN)NC(=O)C1CC(=O)N(c2ccccc2Br)C1.Cl. The molecule has 2 rings (SSSR count). The van der Waals surface area contributed by atoms with E-state index < -0.39 is 0 Å². The van der Waals surface area contributed by atoms with Crippen molar-refractivity contribution < 1.29 is 9.59 Å². The maximum Gasteiger partial charge on any atom is 0.227 e. The van der Waals surface area contributed by atoms with Crippen molar-refractivity contribution >= 4 is 45.8 Å². The van der Waals surface area contributed by atoms with Crippen LogP contribution in [0.3, 0.4) is 0 Å². The average molecular weight is 419 g/mol. The molecule has 1 aliphatic rings. The van der Waals surface area contributed by atoms with Gasteiger partial charge in [-0.1, -0.05) is 26.0 Å². The molecule has 1 saturated heterocycles. The lowest BCUT2D eigenvalue weighted by Crippen LogP contribution is -2.54. The lowest BCUT2D eigenvalue weighted by Gasteiger charge is -2.32. The third-order valence-corrected chi connectivity index (χ3v) is 5.44. The Bertz CT molecular complexity index is 585. The molecular formula is C17H25BrClN3O2. The van der Waals surface area contributed by atoms with Gasteiger partial charge in [0.15, 0.2) is 0 Å². The van der Waals surface area contributed by atoms with E-state index in [0.29, 0.717) is 13.1 Å². The summed E-state index contributed by atoms with van der Waals surface area (Å²) >= 11 is 3.46. The zero-order chi connectivity index (χ0) is 17.0. The van der Waals surface area contributed by atoms with Gasteiger partial charge < -0.3 is 16.0 Å². The first kappa shape index (κ1) is 20.9. The Balaban J connectivity index is 0.00000288. The van der Waals surface area contributed by atoms with Gasteiger partial charge in [0.1, 0.15) is 0 Å². The molecule has 1 fully saturated rings. The molecular weight excluding hydrogens is 394 g/mol. The highest BCUT2D eigenvalue weighted by Gasteiger charge is 2.38. The Morgan fingerprint density at radius 1 is 1.38 bits per heavy atom. The molecule has 1 aromatic carbocycles. The largest absolute Gasteiger partial charge is 0.349 e. The number of benzene rings is 1. The van der Waals surface area contributed by atoms with E-state index in [1.165, 1.54) is 0 Å². The number of nitrogens with two attached hydrogens (primary N) is 1. The van der Waals surface area contributed by atoms with Gasteiger partial charge in [0.2, 0.25) is 11.8 Å². The second-order valence-electron chi connectivity index (χ2n) is 6.04. The smallest absolute Gasteiger partial charge is 0.227 e. The number of carbonyl (C=O) groups is 2. The number of rotatable bonds is 6. The van der Waals surface area contributed by atoms with Gasteiger partial charge in [0.05, 0.1) is 17.1 Å². The Hall–Kier alpha value is -1.11. The van der Waals surface area contributed by atoms with Crippen LogP contribution in [0.25, 0.3) is 0 Å². The van der Waals surface area contributed by atoms with Crippen LogP contribution in [0.2, 0.25) is 0 Å². The van der Waals surface area contributed by atoms with Gasteiger partial charge in [-0.2, -0.15) is 0 Å². The van der Waals surface area contributed by atoms with Gasteiger partial charge >= 0.3 is 0 Å². The highest BCUT2D eigenvalue weighted by molar-refractivity contribution is 9.10. The maximum absolute atomic E-state index is 12.6. The summed E-state index contributed by atoms with van der Waals surface area (Å²) in [4.78, 5) is 26.6. The molecule has 7 heteroatoms. The van der Waals surface area contributed by atoms with Crippen molar-refractivity contribution in [1.82, 2.24) is 5.32 Å². The summed E-state index contributed by atoms with van der Waals surface area (Å²) in [5.41, 5.74) is 6.28. The van der Waals surface area contributed by atoms with Crippen LogP contribution in [0.4, 0.5) is 5.69 Å². The molecule has 0 spiro atoms. The molecule has 1 aromatic rings. The van der Waals surface area contributed by atoms with Gasteiger partial charge in [-0.3, -0.25) is 9.59 Å². The molecule has 24 heavy (non-hydrogen) atoms. The van der Waals surface area contributed by atoms with Crippen molar-refractivity contribution in [2.75, 3.05) is 18.0 Å². The van der Waals surface area contributed by atoms with Gasteiger partial charge in [-0.25, -0.2) is 0 Å². The molecule has 0 saturated carbocycles. The highest BCUT2D eigenvalue weighted by atomic mass is 79.9. The minimum Gasteiger partial charge on any atom is -0.349 e. The molecule has 1 atom stereocenters. The zero-order valence-electron chi connectivity index (χ0n) is 14.0. The molecule has 0 aliphatic carbocycles. The minimum atomic E-state index is -0.374. The first-order chi connectivity index (χ1) is 11.0. The fourth-order valence-electron chi connectivity index (χ4n) is 2.92. The van der Waals surface area contributed by atoms with Crippen LogP contribution in [0.1, 0.15) is 33.1 Å². The topological polar surface area (TPSA) is 75.4 Å². The van der Waals surface area contributed by atoms with Crippen molar-refractivity contribution in [1.29, 1.82) is 0 Å². The molecule has 0 radical (unpaired) electrons. The zero-order valence-corrected chi connectivity index (χ0v) is 16.5. The third kappa shape index (κ3) is 4.29. The molecule has 1 heterocycles. The van der Waals surface area contributed by atoms with Crippen LogP contribution >= 0.6 is 28.3 Å². The fraction of sp³-hybridized carbons (Fsp3) is 0.529. The van der Waals surface area contributed by atoms with Gasteiger partial charge in [-0.15, -0.1) is 12.4 Å². The van der Waals surface area contributed by atoms with E-state index in [9.17, 15) is 9.59 Å². The Kier molecular flexibility index (Phi) is 7.70. The Labute approximate surface area is 157 Å². The molecule has 0 aromatic heterocycles. The van der Waals surface area contributed by atoms with Crippen molar-refractivity contribution in [3.05, 3.63) is 28.7 Å². The second kappa shape index (κ2) is 8.83. The van der Waals surface area contributed by atoms with E-state index in [2.05, 4.69) is 21.2 Å². The lowest BCUT2D eigenvalue weighted by atomic mass is 9.91. The summed E-state index contributed by atoms with van der Waals surface area (Å²) in [6, 6.07) is 7.55. The van der Waals surface area contributed by atoms with Crippen molar-refractivity contribution in [2.24, 2.45) is 11.7 Å². The summed E-state index contributed by atoms with van der Waals surface area (Å²) in [5, 5.41) is 3.07. The molecule has 1 unspecified atom stereocenters. The van der Waals surface area contributed by atoms with E-state index in [1.54, 1.807) is 4.90 Å². The van der Waals surface area contributed by atoms with E-state index in [-0.39, 0.29) is 42.1 Å². The lowest BCUT2D eigenvalue weighted by molar-refractivity contribution is -0.128. The molecule has 5 nitrogen and oxygen atoms in total. The van der Waals surface area contributed by atoms with Crippen LogP contribution in [0, 0.1) is 5.92 Å². The van der Waals surface area contributed by atoms with Crippen molar-refractivity contribution in [3.8, 4) is 0 Å². The predicted octanol–water partition coefficient (Wildman–Crippen LogP) is 2.86. The number of para-hydroxylation sites is 1. The Morgan fingerprint density at radius 3 is 2.54 bits per heavy atom. The van der Waals surface area contributed by atoms with Gasteiger partial charge in [-0.05, 0) is 40.9 Å². The number of halogens is 2. The summed E-state index contributed by atoms with van der Waals surface area (Å²) < 4.78 is 0.854. The maximum atomic E-state index is 12.6. The molecule has 2 amide bonds. The minimum absolute atomic E-state index is 0. The molecule has 134 valence electrons. The van der Waals surface area contributed by atoms with Crippen LogP contribution in [-0.2, 0) is 9.59 Å². The quantitative estimate of drug-likeness (QED) is 0.746. The van der Waals surface area contributed by atoms with Gasteiger partial charge in [0.25, 0.3) is 0 Å². The predicted molar refractivity (Wildman–Crippen MR) is 102 cm³/mol. The summed E-state index contributed by atoms with van der Waals surface area (Å²) in [6.45, 7) is 4.84.